The van der Waals surface area contributed by atoms with Crippen molar-refractivity contribution in [3.63, 3.8) is 0 Å². The van der Waals surface area contributed by atoms with Gasteiger partial charge in [-0.3, -0.25) is 4.98 Å². The maximum atomic E-state index is 4.40. The minimum atomic E-state index is 0.332. The van der Waals surface area contributed by atoms with E-state index >= 15 is 0 Å². The smallest absolute Gasteiger partial charge is 0.0937 e. The molecule has 1 aliphatic rings. The zero-order valence-corrected chi connectivity index (χ0v) is 7.91. The summed E-state index contributed by atoms with van der Waals surface area (Å²) in [5.41, 5.74) is 4.62. The Balaban J connectivity index is 2.40. The molecule has 0 bridgehead atoms. The van der Waals surface area contributed by atoms with Crippen LogP contribution in [-0.2, 0) is 0 Å². The summed E-state index contributed by atoms with van der Waals surface area (Å²) >= 11 is 0. The first-order valence-electron chi connectivity index (χ1n) is 4.75. The summed E-state index contributed by atoms with van der Waals surface area (Å²) in [6.45, 7) is 2.14. The van der Waals surface area contributed by atoms with Crippen molar-refractivity contribution < 1.29 is 0 Å². The van der Waals surface area contributed by atoms with Crippen LogP contribution >= 0.6 is 0 Å². The van der Waals surface area contributed by atoms with Crippen LogP contribution in [0.3, 0.4) is 0 Å². The van der Waals surface area contributed by atoms with E-state index in [1.165, 1.54) is 11.3 Å². The fraction of sp³-hybridized carbons (Fsp3) is 0.182. The van der Waals surface area contributed by atoms with Gasteiger partial charge in [0.15, 0.2) is 0 Å². The van der Waals surface area contributed by atoms with Crippen molar-refractivity contribution in [3.8, 4) is 0 Å². The number of H-pyrrole nitrogens is 1. The molecular weight excluding hydrogens is 174 g/mol. The number of aromatic amines is 1. The monoisotopic (exact) mass is 185 g/mol. The summed E-state index contributed by atoms with van der Waals surface area (Å²) < 4.78 is 0. The summed E-state index contributed by atoms with van der Waals surface area (Å²) in [6, 6.07) is 4.34. The van der Waals surface area contributed by atoms with Gasteiger partial charge in [0, 0.05) is 17.5 Å². The molecule has 70 valence electrons. The Morgan fingerprint density at radius 3 is 3.29 bits per heavy atom. The number of nitrogens with one attached hydrogen (secondary N) is 2. The van der Waals surface area contributed by atoms with E-state index in [0.29, 0.717) is 6.04 Å². The molecule has 3 heterocycles. The van der Waals surface area contributed by atoms with Crippen LogP contribution in [0.4, 0.5) is 0 Å². The molecule has 0 aromatic carbocycles. The Labute approximate surface area is 81.9 Å². The maximum Gasteiger partial charge on any atom is 0.0937 e. The molecule has 0 saturated heterocycles. The summed E-state index contributed by atoms with van der Waals surface area (Å²) in [7, 11) is 0. The molecule has 2 aromatic rings. The topological polar surface area (TPSA) is 40.7 Å². The number of hydrogen-bond acceptors (Lipinski definition) is 2. The van der Waals surface area contributed by atoms with E-state index in [9.17, 15) is 0 Å². The molecule has 0 aliphatic carbocycles. The molecule has 0 radical (unpaired) electrons. The lowest BCUT2D eigenvalue weighted by atomic mass is 10.1. The van der Waals surface area contributed by atoms with Gasteiger partial charge in [-0.25, -0.2) is 0 Å². The minimum absolute atomic E-state index is 0.332. The third kappa shape index (κ3) is 0.894. The van der Waals surface area contributed by atoms with Crippen molar-refractivity contribution in [1.82, 2.24) is 15.3 Å². The van der Waals surface area contributed by atoms with E-state index in [2.05, 4.69) is 34.4 Å². The highest BCUT2D eigenvalue weighted by atomic mass is 14.9. The number of fused-ring (bicyclic) bond motifs is 3. The van der Waals surface area contributed by atoms with Crippen LogP contribution in [0.25, 0.3) is 17.1 Å². The van der Waals surface area contributed by atoms with E-state index < -0.39 is 0 Å². The quantitative estimate of drug-likeness (QED) is 0.660. The van der Waals surface area contributed by atoms with Gasteiger partial charge in [-0.05, 0) is 31.3 Å². The van der Waals surface area contributed by atoms with Crippen LogP contribution in [0.2, 0.25) is 0 Å². The molecule has 0 saturated carbocycles. The Bertz CT molecular complexity index is 510. The lowest BCUT2D eigenvalue weighted by Gasteiger charge is -2.15. The lowest BCUT2D eigenvalue weighted by Crippen LogP contribution is -2.15. The summed E-state index contributed by atoms with van der Waals surface area (Å²) in [6.07, 6.45) is 5.86. The largest absolute Gasteiger partial charge is 0.384 e. The van der Waals surface area contributed by atoms with Crippen LogP contribution in [-0.4, -0.2) is 9.97 Å². The third-order valence-corrected chi connectivity index (χ3v) is 2.65. The van der Waals surface area contributed by atoms with Crippen LogP contribution in [0.5, 0.6) is 0 Å². The second-order valence-electron chi connectivity index (χ2n) is 3.57. The summed E-state index contributed by atoms with van der Waals surface area (Å²) in [4.78, 5) is 7.76. The standard InChI is InChI=1S/C11H11N3/c1-7-10-8(4-6-12-7)14-9-3-2-5-13-11(9)10/h2-7,12,14H,1H3. The molecule has 0 fully saturated rings. The van der Waals surface area contributed by atoms with Gasteiger partial charge < -0.3 is 10.3 Å². The molecule has 0 amide bonds. The Morgan fingerprint density at radius 1 is 1.43 bits per heavy atom. The van der Waals surface area contributed by atoms with Gasteiger partial charge in [-0.2, -0.15) is 0 Å². The van der Waals surface area contributed by atoms with Crippen molar-refractivity contribution >= 4 is 17.1 Å². The van der Waals surface area contributed by atoms with E-state index in [4.69, 9.17) is 0 Å². The molecule has 3 rings (SSSR count). The van der Waals surface area contributed by atoms with Crippen molar-refractivity contribution in [2.75, 3.05) is 0 Å². The van der Waals surface area contributed by atoms with E-state index in [1.54, 1.807) is 0 Å². The van der Waals surface area contributed by atoms with E-state index in [0.717, 1.165) is 11.0 Å². The molecule has 2 aromatic heterocycles. The molecule has 1 atom stereocenters. The number of rotatable bonds is 0. The Hall–Kier alpha value is -1.77. The zero-order chi connectivity index (χ0) is 9.54. The summed E-state index contributed by atoms with van der Waals surface area (Å²) in [5, 5.41) is 3.28. The van der Waals surface area contributed by atoms with Crippen molar-refractivity contribution in [3.05, 3.63) is 35.8 Å². The third-order valence-electron chi connectivity index (χ3n) is 2.65. The van der Waals surface area contributed by atoms with Gasteiger partial charge in [-0.15, -0.1) is 0 Å². The first-order chi connectivity index (χ1) is 6.86. The summed E-state index contributed by atoms with van der Waals surface area (Å²) in [5.74, 6) is 0. The van der Waals surface area contributed by atoms with Crippen LogP contribution in [0.15, 0.2) is 24.5 Å². The molecule has 0 spiro atoms. The predicted molar refractivity (Wildman–Crippen MR) is 56.7 cm³/mol. The normalized spacial score (nSPS) is 19.4. The number of pyridine rings is 1. The second-order valence-corrected chi connectivity index (χ2v) is 3.57. The van der Waals surface area contributed by atoms with Crippen molar-refractivity contribution in [2.45, 2.75) is 13.0 Å². The van der Waals surface area contributed by atoms with Crippen LogP contribution < -0.4 is 5.32 Å². The van der Waals surface area contributed by atoms with Crippen molar-refractivity contribution in [2.24, 2.45) is 0 Å². The first kappa shape index (κ1) is 7.62. The second kappa shape index (κ2) is 2.61. The lowest BCUT2D eigenvalue weighted by molar-refractivity contribution is 0.682. The Morgan fingerprint density at radius 2 is 2.36 bits per heavy atom. The van der Waals surface area contributed by atoms with E-state index in [1.807, 2.05) is 18.5 Å². The van der Waals surface area contributed by atoms with Crippen LogP contribution in [0.1, 0.15) is 24.2 Å². The van der Waals surface area contributed by atoms with Gasteiger partial charge in [0.05, 0.1) is 17.1 Å². The average Bonchev–Trinajstić information content (AvgIpc) is 2.57. The average molecular weight is 185 g/mol. The maximum absolute atomic E-state index is 4.40. The number of aromatic nitrogens is 2. The van der Waals surface area contributed by atoms with Gasteiger partial charge in [0.2, 0.25) is 0 Å². The fourth-order valence-electron chi connectivity index (χ4n) is 1.99. The highest BCUT2D eigenvalue weighted by Crippen LogP contribution is 2.29. The molecule has 1 unspecified atom stereocenters. The molecular formula is C11H11N3. The molecule has 3 heteroatoms. The number of nitrogens with zero attached hydrogens (tertiary/aromatic N) is 1. The SMILES string of the molecule is CC1NC=Cc2[nH]c3cccnc3c21. The van der Waals surface area contributed by atoms with Gasteiger partial charge in [0.25, 0.3) is 0 Å². The van der Waals surface area contributed by atoms with Crippen LogP contribution in [0, 0.1) is 0 Å². The molecule has 3 nitrogen and oxygen atoms in total. The number of hydrogen-bond donors (Lipinski definition) is 2. The molecule has 2 N–H and O–H groups in total. The Kier molecular flexibility index (Phi) is 1.42. The van der Waals surface area contributed by atoms with E-state index in [-0.39, 0.29) is 0 Å². The van der Waals surface area contributed by atoms with Gasteiger partial charge in [0.1, 0.15) is 0 Å². The molecule has 1 aliphatic heterocycles. The highest BCUT2D eigenvalue weighted by molar-refractivity contribution is 5.84. The highest BCUT2D eigenvalue weighted by Gasteiger charge is 2.18. The first-order valence-corrected chi connectivity index (χ1v) is 4.75. The molecule has 14 heavy (non-hydrogen) atoms. The van der Waals surface area contributed by atoms with Crippen molar-refractivity contribution in [1.29, 1.82) is 0 Å². The minimum Gasteiger partial charge on any atom is -0.384 e. The van der Waals surface area contributed by atoms with Gasteiger partial charge >= 0.3 is 0 Å². The van der Waals surface area contributed by atoms with Gasteiger partial charge in [-0.1, -0.05) is 0 Å². The zero-order valence-electron chi connectivity index (χ0n) is 7.91. The predicted octanol–water partition coefficient (Wildman–Crippen LogP) is 2.20. The fourth-order valence-corrected chi connectivity index (χ4v) is 1.99.